The quantitative estimate of drug-likeness (QED) is 0.783. The van der Waals surface area contributed by atoms with Crippen molar-refractivity contribution in [3.8, 4) is 5.69 Å². The first-order valence-electron chi connectivity index (χ1n) is 8.87. The van der Waals surface area contributed by atoms with Crippen LogP contribution in [0.5, 0.6) is 0 Å². The van der Waals surface area contributed by atoms with Crippen molar-refractivity contribution in [1.82, 2.24) is 20.1 Å². The predicted octanol–water partition coefficient (Wildman–Crippen LogP) is 4.07. The molecule has 0 bridgehead atoms. The third kappa shape index (κ3) is 3.35. The average Bonchev–Trinajstić information content (AvgIpc) is 3.04. The Kier molecular flexibility index (Phi) is 4.14. The van der Waals surface area contributed by atoms with Crippen LogP contribution < -0.4 is 5.32 Å². The minimum absolute atomic E-state index is 0.242. The molecule has 1 aromatic carbocycles. The molecule has 4 heteroatoms. The number of hydrogen-bond acceptors (Lipinski definition) is 3. The molecule has 4 nitrogen and oxygen atoms in total. The lowest BCUT2D eigenvalue weighted by Gasteiger charge is -2.36. The van der Waals surface area contributed by atoms with Gasteiger partial charge in [-0.05, 0) is 42.0 Å². The van der Waals surface area contributed by atoms with Gasteiger partial charge in [0.15, 0.2) is 0 Å². The van der Waals surface area contributed by atoms with Gasteiger partial charge in [0.25, 0.3) is 0 Å². The maximum absolute atomic E-state index is 4.70. The van der Waals surface area contributed by atoms with Crippen molar-refractivity contribution >= 4 is 0 Å². The van der Waals surface area contributed by atoms with Crippen LogP contribution in [0, 0.1) is 5.41 Å². The lowest BCUT2D eigenvalue weighted by atomic mass is 9.74. The zero-order chi connectivity index (χ0) is 17.3. The summed E-state index contributed by atoms with van der Waals surface area (Å²) in [7, 11) is 0. The molecular formula is C21H24N4. The van der Waals surface area contributed by atoms with E-state index in [0.717, 1.165) is 25.1 Å². The Labute approximate surface area is 148 Å². The molecule has 2 aromatic heterocycles. The van der Waals surface area contributed by atoms with E-state index in [4.69, 9.17) is 5.10 Å². The first-order valence-corrected chi connectivity index (χ1v) is 8.87. The van der Waals surface area contributed by atoms with E-state index in [9.17, 15) is 0 Å². The van der Waals surface area contributed by atoms with Crippen molar-refractivity contribution in [3.05, 3.63) is 77.9 Å². The molecular weight excluding hydrogens is 308 g/mol. The molecule has 1 atom stereocenters. The van der Waals surface area contributed by atoms with E-state index in [-0.39, 0.29) is 5.41 Å². The summed E-state index contributed by atoms with van der Waals surface area (Å²) < 4.78 is 2.11. The zero-order valence-electron chi connectivity index (χ0n) is 14.8. The predicted molar refractivity (Wildman–Crippen MR) is 99.5 cm³/mol. The minimum Gasteiger partial charge on any atom is -0.306 e. The first-order chi connectivity index (χ1) is 12.1. The van der Waals surface area contributed by atoms with E-state index in [2.05, 4.69) is 59.2 Å². The first kappa shape index (κ1) is 16.0. The molecule has 128 valence electrons. The van der Waals surface area contributed by atoms with Crippen molar-refractivity contribution in [1.29, 1.82) is 0 Å². The highest BCUT2D eigenvalue weighted by molar-refractivity contribution is 5.37. The molecule has 0 fully saturated rings. The van der Waals surface area contributed by atoms with Gasteiger partial charge >= 0.3 is 0 Å². The number of nitrogens with zero attached hydrogens (tertiary/aromatic N) is 3. The zero-order valence-corrected chi connectivity index (χ0v) is 14.8. The van der Waals surface area contributed by atoms with Gasteiger partial charge in [0.05, 0.1) is 11.9 Å². The number of pyridine rings is 1. The van der Waals surface area contributed by atoms with Crippen molar-refractivity contribution < 1.29 is 0 Å². The second kappa shape index (κ2) is 6.45. The molecule has 25 heavy (non-hydrogen) atoms. The maximum atomic E-state index is 4.70. The number of fused-ring (bicyclic) bond motifs is 1. The average molecular weight is 332 g/mol. The lowest BCUT2D eigenvalue weighted by molar-refractivity contribution is 0.252. The number of rotatable bonds is 4. The van der Waals surface area contributed by atoms with E-state index in [0.29, 0.717) is 6.04 Å². The molecule has 0 saturated heterocycles. The van der Waals surface area contributed by atoms with E-state index in [1.165, 1.54) is 16.8 Å². The molecule has 0 spiro atoms. The Morgan fingerprint density at radius 2 is 1.96 bits per heavy atom. The highest BCUT2D eigenvalue weighted by atomic mass is 15.3. The van der Waals surface area contributed by atoms with Crippen molar-refractivity contribution in [2.24, 2.45) is 5.41 Å². The molecule has 0 aliphatic heterocycles. The summed E-state index contributed by atoms with van der Waals surface area (Å²) in [4.78, 5) is 4.21. The summed E-state index contributed by atoms with van der Waals surface area (Å²) in [5.41, 5.74) is 5.24. The lowest BCUT2D eigenvalue weighted by Crippen LogP contribution is -2.33. The minimum atomic E-state index is 0.242. The van der Waals surface area contributed by atoms with Crippen molar-refractivity contribution in [3.63, 3.8) is 0 Å². The molecule has 3 aromatic rings. The third-order valence-corrected chi connectivity index (χ3v) is 4.96. The molecule has 0 radical (unpaired) electrons. The van der Waals surface area contributed by atoms with Crippen LogP contribution in [-0.4, -0.2) is 14.8 Å². The van der Waals surface area contributed by atoms with Gasteiger partial charge in [0.1, 0.15) is 0 Å². The van der Waals surface area contributed by atoms with E-state index in [1.807, 2.05) is 30.7 Å². The fourth-order valence-electron chi connectivity index (χ4n) is 3.76. The second-order valence-electron chi connectivity index (χ2n) is 7.63. The topological polar surface area (TPSA) is 42.7 Å². The fourth-order valence-corrected chi connectivity index (χ4v) is 3.76. The maximum Gasteiger partial charge on any atom is 0.0648 e. The van der Waals surface area contributed by atoms with Crippen LogP contribution in [0.25, 0.3) is 5.69 Å². The SMILES string of the molecule is CC1(C)Cc2c(cnn2-c2ccccc2)[C@@H](NCc2cccnc2)C1. The highest BCUT2D eigenvalue weighted by Crippen LogP contribution is 2.41. The summed E-state index contributed by atoms with van der Waals surface area (Å²) in [6.07, 6.45) is 7.94. The standard InChI is InChI=1S/C21H24N4/c1-21(2)11-19(23-14-16-7-6-10-22-13-16)18-15-24-25(20(18)12-21)17-8-4-3-5-9-17/h3-10,13,15,19,23H,11-12,14H2,1-2H3/t19-/m0/s1. The van der Waals surface area contributed by atoms with Crippen LogP contribution in [-0.2, 0) is 13.0 Å². The summed E-state index contributed by atoms with van der Waals surface area (Å²) in [6.45, 7) is 5.51. The van der Waals surface area contributed by atoms with E-state index >= 15 is 0 Å². The van der Waals surface area contributed by atoms with Gasteiger partial charge in [-0.3, -0.25) is 4.98 Å². The van der Waals surface area contributed by atoms with Crippen molar-refractivity contribution in [2.45, 2.75) is 39.3 Å². The Hall–Kier alpha value is -2.46. The van der Waals surface area contributed by atoms with Crippen LogP contribution in [0.3, 0.4) is 0 Å². The third-order valence-electron chi connectivity index (χ3n) is 4.96. The molecule has 2 heterocycles. The number of aromatic nitrogens is 3. The summed E-state index contributed by atoms with van der Waals surface area (Å²) in [6, 6.07) is 14.8. The number of nitrogens with one attached hydrogen (secondary N) is 1. The molecule has 1 aliphatic carbocycles. The number of para-hydroxylation sites is 1. The van der Waals surface area contributed by atoms with Gasteiger partial charge < -0.3 is 5.32 Å². The van der Waals surface area contributed by atoms with Crippen LogP contribution in [0.15, 0.2) is 61.1 Å². The molecule has 0 unspecified atom stereocenters. The molecule has 1 N–H and O–H groups in total. The monoisotopic (exact) mass is 332 g/mol. The van der Waals surface area contributed by atoms with Gasteiger partial charge in [-0.15, -0.1) is 0 Å². The Bertz CT molecular complexity index is 837. The Balaban J connectivity index is 1.64. The Morgan fingerprint density at radius 1 is 1.12 bits per heavy atom. The fraction of sp³-hybridized carbons (Fsp3) is 0.333. The van der Waals surface area contributed by atoms with Gasteiger partial charge in [-0.25, -0.2) is 4.68 Å². The summed E-state index contributed by atoms with van der Waals surface area (Å²) in [5.74, 6) is 0. The van der Waals surface area contributed by atoms with Crippen LogP contribution in [0.2, 0.25) is 0 Å². The summed E-state index contributed by atoms with van der Waals surface area (Å²) >= 11 is 0. The normalized spacial score (nSPS) is 18.7. The molecule has 0 saturated carbocycles. The smallest absolute Gasteiger partial charge is 0.0648 e. The van der Waals surface area contributed by atoms with Crippen LogP contribution in [0.4, 0.5) is 0 Å². The second-order valence-corrected chi connectivity index (χ2v) is 7.63. The molecule has 1 aliphatic rings. The van der Waals surface area contributed by atoms with Crippen LogP contribution >= 0.6 is 0 Å². The largest absolute Gasteiger partial charge is 0.306 e. The Morgan fingerprint density at radius 3 is 2.72 bits per heavy atom. The van der Waals surface area contributed by atoms with Gasteiger partial charge in [-0.2, -0.15) is 5.10 Å². The van der Waals surface area contributed by atoms with Gasteiger partial charge in [0, 0.05) is 36.2 Å². The number of hydrogen-bond donors (Lipinski definition) is 1. The van der Waals surface area contributed by atoms with Crippen molar-refractivity contribution in [2.75, 3.05) is 0 Å². The summed E-state index contributed by atoms with van der Waals surface area (Å²) in [5, 5.41) is 8.42. The van der Waals surface area contributed by atoms with Gasteiger partial charge in [-0.1, -0.05) is 38.1 Å². The van der Waals surface area contributed by atoms with E-state index < -0.39 is 0 Å². The van der Waals surface area contributed by atoms with Crippen LogP contribution in [0.1, 0.15) is 43.1 Å². The van der Waals surface area contributed by atoms with Gasteiger partial charge in [0.2, 0.25) is 0 Å². The molecule has 4 rings (SSSR count). The highest BCUT2D eigenvalue weighted by Gasteiger charge is 2.34. The van der Waals surface area contributed by atoms with E-state index in [1.54, 1.807) is 0 Å². The number of benzene rings is 1. The molecule has 0 amide bonds.